The third kappa shape index (κ3) is 8.12. The maximum atomic E-state index is 14.3. The largest absolute Gasteiger partial charge is 0.433 e. The molecular formula is C35H46N4O7. The second-order valence-corrected chi connectivity index (χ2v) is 11.8. The molecule has 11 heteroatoms. The first-order chi connectivity index (χ1) is 22.1. The minimum Gasteiger partial charge on any atom is -0.433 e. The van der Waals surface area contributed by atoms with Crippen molar-refractivity contribution in [3.63, 3.8) is 0 Å². The first kappa shape index (κ1) is 34.6. The van der Waals surface area contributed by atoms with Crippen LogP contribution in [-0.2, 0) is 28.7 Å². The van der Waals surface area contributed by atoms with Crippen molar-refractivity contribution >= 4 is 41.0 Å². The molecule has 46 heavy (non-hydrogen) atoms. The predicted molar refractivity (Wildman–Crippen MR) is 174 cm³/mol. The van der Waals surface area contributed by atoms with Gasteiger partial charge in [-0.2, -0.15) is 0 Å². The molecular weight excluding hydrogens is 588 g/mol. The predicted octanol–water partition coefficient (Wildman–Crippen LogP) is 4.72. The van der Waals surface area contributed by atoms with Gasteiger partial charge >= 0.3 is 5.97 Å². The van der Waals surface area contributed by atoms with E-state index in [4.69, 9.17) is 9.47 Å². The number of aryl methyl sites for hydroxylation is 1. The Kier molecular flexibility index (Phi) is 11.9. The molecule has 3 aliphatic rings. The zero-order chi connectivity index (χ0) is 33.4. The van der Waals surface area contributed by atoms with Gasteiger partial charge in [0.1, 0.15) is 18.1 Å². The highest BCUT2D eigenvalue weighted by Crippen LogP contribution is 2.33. The van der Waals surface area contributed by atoms with Gasteiger partial charge in [0.05, 0.1) is 12.5 Å². The number of hydrogen-bond acceptors (Lipinski definition) is 7. The number of ether oxygens (including phenoxy) is 2. The first-order valence-corrected chi connectivity index (χ1v) is 16.3. The number of hydrogen-bond donors (Lipinski definition) is 2. The molecule has 2 heterocycles. The number of benzene rings is 2. The molecule has 4 unspecified atom stereocenters. The molecule has 0 spiro atoms. The maximum absolute atomic E-state index is 14.3. The van der Waals surface area contributed by atoms with Crippen molar-refractivity contribution in [3.8, 4) is 0 Å². The SMILES string of the molecule is CC.CC(=O)Nc1ccc(C(=O)NC(C)C(=O)N2CCCC2C(=O)N(c2ccccc2)C2CC(=O)OC2OC2CCCC2)cc1C. The van der Waals surface area contributed by atoms with E-state index in [1.165, 1.54) is 11.8 Å². The van der Waals surface area contributed by atoms with E-state index in [9.17, 15) is 24.0 Å². The number of amides is 4. The fraction of sp³-hybridized carbons (Fsp3) is 0.514. The second-order valence-electron chi connectivity index (χ2n) is 11.8. The molecule has 2 N–H and O–H groups in total. The lowest BCUT2D eigenvalue weighted by atomic mass is 10.1. The van der Waals surface area contributed by atoms with Gasteiger partial charge in [-0.15, -0.1) is 0 Å². The zero-order valence-corrected chi connectivity index (χ0v) is 27.4. The van der Waals surface area contributed by atoms with Crippen molar-refractivity contribution in [3.05, 3.63) is 59.7 Å². The number of carbonyl (C=O) groups excluding carboxylic acids is 5. The van der Waals surface area contributed by atoms with Crippen LogP contribution in [0.2, 0.25) is 0 Å². The number of para-hydroxylation sites is 1. The highest BCUT2D eigenvalue weighted by molar-refractivity contribution is 6.03. The molecule has 248 valence electrons. The van der Waals surface area contributed by atoms with Crippen LogP contribution in [0.3, 0.4) is 0 Å². The molecule has 2 aromatic rings. The standard InChI is InChI=1S/C33H40N4O7.C2H6/c1-20-18-23(15-16-26(20)35-22(3)38)30(40)34-21(2)31(41)36-17-9-14-27(36)32(42)37(24-10-5-4-6-11-24)28-19-29(39)44-33(28)43-25-12-7-8-13-25;1-2/h4-6,10-11,15-16,18,21,25,27-28,33H,7-9,12-14,17,19H2,1-3H3,(H,34,40)(H,35,38);1-2H3. The summed E-state index contributed by atoms with van der Waals surface area (Å²) in [6.07, 6.45) is 4.01. The number of carbonyl (C=O) groups is 5. The Morgan fingerprint density at radius 2 is 1.70 bits per heavy atom. The minimum atomic E-state index is -0.897. The molecule has 0 radical (unpaired) electrons. The highest BCUT2D eigenvalue weighted by Gasteiger charge is 2.47. The van der Waals surface area contributed by atoms with Crippen molar-refractivity contribution in [2.45, 2.75) is 110 Å². The van der Waals surface area contributed by atoms with Crippen LogP contribution in [0, 0.1) is 6.92 Å². The second kappa shape index (κ2) is 15.8. The van der Waals surface area contributed by atoms with Crippen LogP contribution < -0.4 is 15.5 Å². The Morgan fingerprint density at radius 1 is 1.00 bits per heavy atom. The number of nitrogens with zero attached hydrogens (tertiary/aromatic N) is 2. The summed E-state index contributed by atoms with van der Waals surface area (Å²) in [4.78, 5) is 68.1. The van der Waals surface area contributed by atoms with Gasteiger partial charge in [0.25, 0.3) is 5.91 Å². The summed E-state index contributed by atoms with van der Waals surface area (Å²) < 4.78 is 11.8. The number of anilines is 2. The molecule has 0 aromatic heterocycles. The Labute approximate surface area is 271 Å². The number of esters is 1. The van der Waals surface area contributed by atoms with Crippen molar-refractivity contribution in [2.24, 2.45) is 0 Å². The molecule has 2 saturated heterocycles. The average molecular weight is 635 g/mol. The van der Waals surface area contributed by atoms with Crippen LogP contribution in [-0.4, -0.2) is 71.6 Å². The number of rotatable bonds is 9. The van der Waals surface area contributed by atoms with E-state index in [2.05, 4.69) is 10.6 Å². The number of cyclic esters (lactones) is 1. The number of nitrogens with one attached hydrogen (secondary N) is 2. The van der Waals surface area contributed by atoms with Gasteiger partial charge in [0.2, 0.25) is 24.0 Å². The molecule has 2 aromatic carbocycles. The summed E-state index contributed by atoms with van der Waals surface area (Å²) in [6, 6.07) is 11.6. The van der Waals surface area contributed by atoms with E-state index < -0.39 is 36.3 Å². The Hall–Kier alpha value is -4.25. The van der Waals surface area contributed by atoms with E-state index in [0.29, 0.717) is 41.9 Å². The Balaban J connectivity index is 0.00000235. The fourth-order valence-corrected chi connectivity index (χ4v) is 6.31. The summed E-state index contributed by atoms with van der Waals surface area (Å²) in [5.41, 5.74) is 2.26. The van der Waals surface area contributed by atoms with Gasteiger partial charge in [0, 0.05) is 30.4 Å². The summed E-state index contributed by atoms with van der Waals surface area (Å²) in [7, 11) is 0. The molecule has 2 aliphatic heterocycles. The zero-order valence-electron chi connectivity index (χ0n) is 27.4. The summed E-state index contributed by atoms with van der Waals surface area (Å²) in [5.74, 6) is -1.76. The average Bonchev–Trinajstić information content (AvgIpc) is 3.81. The third-order valence-corrected chi connectivity index (χ3v) is 8.51. The van der Waals surface area contributed by atoms with Crippen molar-refractivity contribution in [1.82, 2.24) is 10.2 Å². The van der Waals surface area contributed by atoms with Crippen LogP contribution >= 0.6 is 0 Å². The van der Waals surface area contributed by atoms with Gasteiger partial charge in [-0.1, -0.05) is 44.9 Å². The number of likely N-dealkylation sites (tertiary alicyclic amines) is 1. The summed E-state index contributed by atoms with van der Waals surface area (Å²) in [6.45, 7) is 9.15. The lowest BCUT2D eigenvalue weighted by Gasteiger charge is -2.36. The smallest absolute Gasteiger partial charge is 0.310 e. The molecule has 0 bridgehead atoms. The molecule has 1 saturated carbocycles. The van der Waals surface area contributed by atoms with Crippen LogP contribution in [0.5, 0.6) is 0 Å². The van der Waals surface area contributed by atoms with E-state index in [-0.39, 0.29) is 30.2 Å². The molecule has 5 rings (SSSR count). The minimum absolute atomic E-state index is 0.00864. The molecule has 1 aliphatic carbocycles. The normalized spacial score (nSPS) is 21.5. The van der Waals surface area contributed by atoms with Crippen LogP contribution in [0.15, 0.2) is 48.5 Å². The van der Waals surface area contributed by atoms with Crippen molar-refractivity contribution in [1.29, 1.82) is 0 Å². The van der Waals surface area contributed by atoms with Crippen molar-refractivity contribution in [2.75, 3.05) is 16.8 Å². The van der Waals surface area contributed by atoms with Gasteiger partial charge in [-0.05, 0) is 75.4 Å². The van der Waals surface area contributed by atoms with E-state index in [1.807, 2.05) is 32.0 Å². The van der Waals surface area contributed by atoms with E-state index >= 15 is 0 Å². The fourth-order valence-electron chi connectivity index (χ4n) is 6.31. The lowest BCUT2D eigenvalue weighted by Crippen LogP contribution is -2.56. The van der Waals surface area contributed by atoms with Gasteiger partial charge in [-0.25, -0.2) is 0 Å². The van der Waals surface area contributed by atoms with E-state index in [1.54, 1.807) is 49.1 Å². The Morgan fingerprint density at radius 3 is 2.35 bits per heavy atom. The first-order valence-electron chi connectivity index (χ1n) is 16.3. The summed E-state index contributed by atoms with van der Waals surface area (Å²) >= 11 is 0. The maximum Gasteiger partial charge on any atom is 0.310 e. The van der Waals surface area contributed by atoms with Crippen LogP contribution in [0.1, 0.15) is 88.6 Å². The highest BCUT2D eigenvalue weighted by atomic mass is 16.7. The van der Waals surface area contributed by atoms with Gasteiger partial charge in [-0.3, -0.25) is 24.0 Å². The molecule has 11 nitrogen and oxygen atoms in total. The molecule has 4 amide bonds. The van der Waals surface area contributed by atoms with Crippen LogP contribution in [0.4, 0.5) is 11.4 Å². The lowest BCUT2D eigenvalue weighted by molar-refractivity contribution is -0.174. The molecule has 4 atom stereocenters. The molecule has 3 fully saturated rings. The summed E-state index contributed by atoms with van der Waals surface area (Å²) in [5, 5.41) is 5.47. The van der Waals surface area contributed by atoms with E-state index in [0.717, 1.165) is 25.7 Å². The van der Waals surface area contributed by atoms with Gasteiger partial charge in [0.15, 0.2) is 0 Å². The third-order valence-electron chi connectivity index (χ3n) is 8.51. The topological polar surface area (TPSA) is 134 Å². The quantitative estimate of drug-likeness (QED) is 0.381. The van der Waals surface area contributed by atoms with Crippen LogP contribution in [0.25, 0.3) is 0 Å². The van der Waals surface area contributed by atoms with Gasteiger partial charge < -0.3 is 29.9 Å². The Bertz CT molecular complexity index is 1410. The van der Waals surface area contributed by atoms with Crippen molar-refractivity contribution < 1.29 is 33.4 Å². The monoisotopic (exact) mass is 634 g/mol.